The number of halogens is 1. The van der Waals surface area contributed by atoms with E-state index in [0.29, 0.717) is 18.0 Å². The van der Waals surface area contributed by atoms with Gasteiger partial charge in [0.25, 0.3) is 0 Å². The van der Waals surface area contributed by atoms with E-state index in [4.69, 9.17) is 5.11 Å². The molecule has 0 radical (unpaired) electrons. The van der Waals surface area contributed by atoms with Gasteiger partial charge in [0, 0.05) is 16.3 Å². The normalized spacial score (nSPS) is 27.4. The van der Waals surface area contributed by atoms with Crippen LogP contribution >= 0.6 is 27.7 Å². The number of alkyl halides is 1. The molecule has 1 fully saturated rings. The van der Waals surface area contributed by atoms with E-state index in [-0.39, 0.29) is 23.0 Å². The summed E-state index contributed by atoms with van der Waals surface area (Å²) < 4.78 is 0. The van der Waals surface area contributed by atoms with E-state index >= 15 is 0 Å². The molecular formula is C11H13BrN2O3S. The molecule has 1 N–H and O–H groups in total. The summed E-state index contributed by atoms with van der Waals surface area (Å²) in [5.74, 6) is -0.262. The highest BCUT2D eigenvalue weighted by atomic mass is 79.9. The number of rotatable bonds is 4. The third kappa shape index (κ3) is 2.77. The van der Waals surface area contributed by atoms with Crippen molar-refractivity contribution >= 4 is 45.3 Å². The molecule has 0 spiro atoms. The lowest BCUT2D eigenvalue weighted by Gasteiger charge is -2.44. The van der Waals surface area contributed by atoms with Crippen LogP contribution in [0.1, 0.15) is 19.8 Å². The number of aliphatic carboxylic acids is 1. The molecule has 2 aliphatic heterocycles. The maximum absolute atomic E-state index is 11.5. The number of carboxylic acids is 1. The van der Waals surface area contributed by atoms with E-state index in [0.717, 1.165) is 5.33 Å². The lowest BCUT2D eigenvalue weighted by Crippen LogP contribution is -2.52. The summed E-state index contributed by atoms with van der Waals surface area (Å²) in [5.41, 5.74) is 0.507. The maximum atomic E-state index is 11.5. The van der Waals surface area contributed by atoms with E-state index in [1.165, 1.54) is 0 Å². The monoisotopic (exact) mass is 332 g/mol. The predicted octanol–water partition coefficient (Wildman–Crippen LogP) is 1.83. The zero-order valence-corrected chi connectivity index (χ0v) is 12.2. The van der Waals surface area contributed by atoms with Crippen molar-refractivity contribution in [3.05, 3.63) is 11.9 Å². The largest absolute Gasteiger partial charge is 0.481 e. The van der Waals surface area contributed by atoms with Gasteiger partial charge in [-0.15, -0.1) is 11.8 Å². The van der Waals surface area contributed by atoms with Gasteiger partial charge in [-0.25, -0.2) is 4.99 Å². The number of fused-ring (bicyclic) bond motifs is 1. The van der Waals surface area contributed by atoms with Gasteiger partial charge in [0.15, 0.2) is 0 Å². The molecule has 98 valence electrons. The van der Waals surface area contributed by atoms with Crippen molar-refractivity contribution in [1.82, 2.24) is 4.90 Å². The summed E-state index contributed by atoms with van der Waals surface area (Å²) in [4.78, 5) is 28.1. The molecule has 7 heteroatoms. The molecule has 18 heavy (non-hydrogen) atoms. The van der Waals surface area contributed by atoms with E-state index in [2.05, 4.69) is 20.9 Å². The molecule has 2 atom stereocenters. The van der Waals surface area contributed by atoms with Crippen molar-refractivity contribution in [3.63, 3.8) is 0 Å². The van der Waals surface area contributed by atoms with Gasteiger partial charge >= 0.3 is 5.97 Å². The van der Waals surface area contributed by atoms with Crippen LogP contribution in [0.25, 0.3) is 0 Å². The highest BCUT2D eigenvalue weighted by Crippen LogP contribution is 2.41. The molecule has 1 amide bonds. The van der Waals surface area contributed by atoms with Crippen LogP contribution in [-0.4, -0.2) is 43.5 Å². The average molecular weight is 333 g/mol. The Morgan fingerprint density at radius 1 is 1.72 bits per heavy atom. The van der Waals surface area contributed by atoms with Crippen molar-refractivity contribution in [1.29, 1.82) is 0 Å². The third-order valence-corrected chi connectivity index (χ3v) is 5.15. The standard InChI is InChI=1S/C11H13BrN2O3S/c1-6(2-11(16)17)13-8-3-7(5-12)18-10-4-9(15)14(8)10/h3,7,10H,2,4-5H2,1H3,(H,16,17)/t7?,10-/m1/s1. The highest BCUT2D eigenvalue weighted by Gasteiger charge is 2.43. The topological polar surface area (TPSA) is 70.0 Å². The summed E-state index contributed by atoms with van der Waals surface area (Å²) in [6.07, 6.45) is 2.35. The van der Waals surface area contributed by atoms with Crippen LogP contribution in [0.5, 0.6) is 0 Å². The summed E-state index contributed by atoms with van der Waals surface area (Å²) in [7, 11) is 0. The van der Waals surface area contributed by atoms with Crippen LogP contribution in [-0.2, 0) is 9.59 Å². The first kappa shape index (κ1) is 13.6. The van der Waals surface area contributed by atoms with Crippen LogP contribution in [0.15, 0.2) is 16.9 Å². The Bertz CT molecular complexity index is 450. The second-order valence-electron chi connectivity index (χ2n) is 4.19. The molecule has 2 heterocycles. The zero-order valence-electron chi connectivity index (χ0n) is 9.80. The predicted molar refractivity (Wildman–Crippen MR) is 73.9 cm³/mol. The summed E-state index contributed by atoms with van der Waals surface area (Å²) in [6.45, 7) is 1.67. The molecule has 0 bridgehead atoms. The molecular weight excluding hydrogens is 320 g/mol. The molecule has 1 saturated heterocycles. The SMILES string of the molecule is CC(CC(=O)O)=NC1=CC(CBr)S[C@@H]2CC(=O)N12. The van der Waals surface area contributed by atoms with Crippen LogP contribution in [0.3, 0.4) is 0 Å². The number of nitrogens with zero attached hydrogens (tertiary/aromatic N) is 2. The van der Waals surface area contributed by atoms with E-state index < -0.39 is 5.97 Å². The van der Waals surface area contributed by atoms with Gasteiger partial charge < -0.3 is 5.11 Å². The van der Waals surface area contributed by atoms with Crippen molar-refractivity contribution in [2.45, 2.75) is 30.4 Å². The minimum absolute atomic E-state index is 0.0543. The minimum Gasteiger partial charge on any atom is -0.481 e. The van der Waals surface area contributed by atoms with Gasteiger partial charge in [-0.3, -0.25) is 14.5 Å². The van der Waals surface area contributed by atoms with Gasteiger partial charge in [-0.1, -0.05) is 15.9 Å². The van der Waals surface area contributed by atoms with Crippen molar-refractivity contribution in [2.75, 3.05) is 5.33 Å². The van der Waals surface area contributed by atoms with Gasteiger partial charge in [0.2, 0.25) is 5.91 Å². The molecule has 0 saturated carbocycles. The smallest absolute Gasteiger partial charge is 0.309 e. The highest BCUT2D eigenvalue weighted by molar-refractivity contribution is 9.09. The van der Waals surface area contributed by atoms with Crippen LogP contribution in [0.2, 0.25) is 0 Å². The zero-order chi connectivity index (χ0) is 13.3. The molecule has 2 rings (SSSR count). The number of β-lactam (4-membered cyclic amide) rings is 1. The lowest BCUT2D eigenvalue weighted by molar-refractivity contribution is -0.138. The Balaban J connectivity index is 2.19. The fourth-order valence-corrected chi connectivity index (χ4v) is 3.79. The first-order valence-electron chi connectivity index (χ1n) is 5.52. The van der Waals surface area contributed by atoms with Crippen LogP contribution in [0, 0.1) is 0 Å². The second kappa shape index (κ2) is 5.44. The van der Waals surface area contributed by atoms with Crippen LogP contribution < -0.4 is 0 Å². The summed E-state index contributed by atoms with van der Waals surface area (Å²) >= 11 is 5.15. The van der Waals surface area contributed by atoms with Crippen molar-refractivity contribution in [3.8, 4) is 0 Å². The number of aliphatic imine (C=N–C) groups is 1. The first-order valence-corrected chi connectivity index (χ1v) is 7.59. The van der Waals surface area contributed by atoms with E-state index in [1.807, 2.05) is 6.08 Å². The Labute approximate surface area is 117 Å². The Morgan fingerprint density at radius 2 is 2.44 bits per heavy atom. The lowest BCUT2D eigenvalue weighted by atomic mass is 10.2. The Hall–Kier alpha value is -0.820. The molecule has 1 unspecified atom stereocenters. The number of thioether (sulfide) groups is 1. The van der Waals surface area contributed by atoms with Crippen molar-refractivity contribution < 1.29 is 14.7 Å². The third-order valence-electron chi connectivity index (χ3n) is 2.68. The molecule has 0 aromatic rings. The number of hydrogen-bond acceptors (Lipinski definition) is 4. The summed E-state index contributed by atoms with van der Waals surface area (Å²) in [6, 6.07) is 0. The fraction of sp³-hybridized carbons (Fsp3) is 0.545. The van der Waals surface area contributed by atoms with Gasteiger partial charge in [-0.05, 0) is 13.0 Å². The quantitative estimate of drug-likeness (QED) is 0.484. The van der Waals surface area contributed by atoms with Gasteiger partial charge in [-0.2, -0.15) is 0 Å². The minimum atomic E-state index is -0.912. The molecule has 0 aromatic carbocycles. The average Bonchev–Trinajstić information content (AvgIpc) is 2.25. The number of carboxylic acid groups (broad SMARTS) is 1. The first-order chi connectivity index (χ1) is 8.51. The van der Waals surface area contributed by atoms with Gasteiger partial charge in [0.1, 0.15) is 5.82 Å². The molecule has 0 aliphatic carbocycles. The molecule has 0 aromatic heterocycles. The maximum Gasteiger partial charge on any atom is 0.309 e. The number of amides is 1. The van der Waals surface area contributed by atoms with Crippen LogP contribution in [0.4, 0.5) is 0 Å². The Morgan fingerprint density at radius 3 is 3.00 bits per heavy atom. The van der Waals surface area contributed by atoms with Gasteiger partial charge in [0.05, 0.1) is 18.2 Å². The number of carbonyl (C=O) groups excluding carboxylic acids is 1. The Kier molecular flexibility index (Phi) is 4.11. The number of carbonyl (C=O) groups is 2. The number of hydrogen-bond donors (Lipinski definition) is 1. The molecule has 5 nitrogen and oxygen atoms in total. The molecule has 2 aliphatic rings. The fourth-order valence-electron chi connectivity index (χ4n) is 1.89. The second-order valence-corrected chi connectivity index (χ2v) is 6.26. The van der Waals surface area contributed by atoms with Crippen molar-refractivity contribution in [2.24, 2.45) is 4.99 Å². The van der Waals surface area contributed by atoms with E-state index in [9.17, 15) is 9.59 Å². The summed E-state index contributed by atoms with van der Waals surface area (Å²) in [5, 5.41) is 9.93. The van der Waals surface area contributed by atoms with E-state index in [1.54, 1.807) is 23.6 Å².